The van der Waals surface area contributed by atoms with Gasteiger partial charge in [0, 0.05) is 4.47 Å². The SMILES string of the molecule is COc1cc(Br)c(CC(=O)OCC(=O)Nc2ccccc2OC(F)F)cc1OC. The third-order valence-corrected chi connectivity index (χ3v) is 4.37. The molecule has 2 aromatic carbocycles. The van der Waals surface area contributed by atoms with Gasteiger partial charge in [0.15, 0.2) is 18.1 Å². The number of carbonyl (C=O) groups is 2. The monoisotopic (exact) mass is 473 g/mol. The third-order valence-electron chi connectivity index (χ3n) is 3.63. The molecule has 0 atom stereocenters. The van der Waals surface area contributed by atoms with Crippen LogP contribution >= 0.6 is 15.9 Å². The lowest BCUT2D eigenvalue weighted by Gasteiger charge is -2.13. The van der Waals surface area contributed by atoms with Crippen LogP contribution in [0.25, 0.3) is 0 Å². The predicted molar refractivity (Wildman–Crippen MR) is 104 cm³/mol. The Morgan fingerprint density at radius 3 is 2.38 bits per heavy atom. The minimum absolute atomic E-state index is 0.0384. The summed E-state index contributed by atoms with van der Waals surface area (Å²) in [6.45, 7) is -3.63. The number of halogens is 3. The Hall–Kier alpha value is -2.88. The lowest BCUT2D eigenvalue weighted by atomic mass is 10.1. The topological polar surface area (TPSA) is 83.1 Å². The van der Waals surface area contributed by atoms with Gasteiger partial charge in [0.2, 0.25) is 0 Å². The summed E-state index contributed by atoms with van der Waals surface area (Å²) in [5.41, 5.74) is 0.611. The van der Waals surface area contributed by atoms with Crippen LogP contribution in [0.1, 0.15) is 5.56 Å². The van der Waals surface area contributed by atoms with E-state index in [-0.39, 0.29) is 17.9 Å². The van der Waals surface area contributed by atoms with Gasteiger partial charge in [-0.1, -0.05) is 28.1 Å². The molecule has 0 radical (unpaired) electrons. The first-order valence-electron chi connectivity index (χ1n) is 8.23. The van der Waals surface area contributed by atoms with E-state index in [1.807, 2.05) is 0 Å². The molecule has 0 fully saturated rings. The molecule has 156 valence electrons. The van der Waals surface area contributed by atoms with Gasteiger partial charge < -0.3 is 24.3 Å². The number of hydrogen-bond donors (Lipinski definition) is 1. The standard InChI is InChI=1S/C19H18BrF2NO6/c1-26-15-7-11(12(20)9-16(15)27-2)8-18(25)28-10-17(24)23-13-5-3-4-6-14(13)29-19(21)22/h3-7,9,19H,8,10H2,1-2H3,(H,23,24). The summed E-state index contributed by atoms with van der Waals surface area (Å²) in [4.78, 5) is 24.1. The maximum atomic E-state index is 12.4. The van der Waals surface area contributed by atoms with Crippen molar-refractivity contribution in [1.29, 1.82) is 0 Å². The highest BCUT2D eigenvalue weighted by molar-refractivity contribution is 9.10. The van der Waals surface area contributed by atoms with Gasteiger partial charge in [-0.3, -0.25) is 9.59 Å². The summed E-state index contributed by atoms with van der Waals surface area (Å²) in [6, 6.07) is 8.94. The van der Waals surface area contributed by atoms with Crippen LogP contribution in [0.5, 0.6) is 17.2 Å². The average molecular weight is 474 g/mol. The number of rotatable bonds is 9. The molecule has 2 aromatic rings. The van der Waals surface area contributed by atoms with Crippen molar-refractivity contribution in [3.63, 3.8) is 0 Å². The van der Waals surface area contributed by atoms with E-state index in [4.69, 9.17) is 14.2 Å². The summed E-state index contributed by atoms with van der Waals surface area (Å²) in [5, 5.41) is 2.36. The first-order valence-corrected chi connectivity index (χ1v) is 9.03. The van der Waals surface area contributed by atoms with E-state index in [1.165, 1.54) is 38.5 Å². The second kappa shape index (κ2) is 10.6. The lowest BCUT2D eigenvalue weighted by molar-refractivity contribution is -0.146. The lowest BCUT2D eigenvalue weighted by Crippen LogP contribution is -2.22. The van der Waals surface area contributed by atoms with Crippen molar-refractivity contribution in [2.24, 2.45) is 0 Å². The van der Waals surface area contributed by atoms with Crippen LogP contribution in [0, 0.1) is 0 Å². The first-order chi connectivity index (χ1) is 13.8. The second-order valence-corrected chi connectivity index (χ2v) is 6.41. The Bertz CT molecular complexity index is 878. The van der Waals surface area contributed by atoms with E-state index in [0.29, 0.717) is 21.5 Å². The van der Waals surface area contributed by atoms with Crippen molar-refractivity contribution >= 4 is 33.5 Å². The van der Waals surface area contributed by atoms with Gasteiger partial charge in [-0.25, -0.2) is 0 Å². The Labute approximate surface area is 174 Å². The highest BCUT2D eigenvalue weighted by Gasteiger charge is 2.16. The van der Waals surface area contributed by atoms with E-state index < -0.39 is 25.1 Å². The Morgan fingerprint density at radius 2 is 1.72 bits per heavy atom. The maximum Gasteiger partial charge on any atom is 0.387 e. The number of carbonyl (C=O) groups excluding carboxylic acids is 2. The molecule has 1 amide bonds. The molecule has 0 spiro atoms. The number of anilines is 1. The zero-order valence-electron chi connectivity index (χ0n) is 15.5. The predicted octanol–water partition coefficient (Wildman–Crippen LogP) is 3.79. The van der Waals surface area contributed by atoms with E-state index >= 15 is 0 Å². The van der Waals surface area contributed by atoms with Crippen molar-refractivity contribution in [3.8, 4) is 17.2 Å². The molecule has 0 saturated carbocycles. The van der Waals surface area contributed by atoms with Crippen LogP contribution in [0.2, 0.25) is 0 Å². The van der Waals surface area contributed by atoms with Gasteiger partial charge in [-0.05, 0) is 29.8 Å². The number of methoxy groups -OCH3 is 2. The highest BCUT2D eigenvalue weighted by Crippen LogP contribution is 2.33. The van der Waals surface area contributed by atoms with Crippen LogP contribution < -0.4 is 19.5 Å². The van der Waals surface area contributed by atoms with Crippen molar-refractivity contribution in [1.82, 2.24) is 0 Å². The quantitative estimate of drug-likeness (QED) is 0.557. The Kier molecular flexibility index (Phi) is 8.20. The molecule has 10 heteroatoms. The van der Waals surface area contributed by atoms with Crippen LogP contribution in [0.3, 0.4) is 0 Å². The Morgan fingerprint density at radius 1 is 1.07 bits per heavy atom. The van der Waals surface area contributed by atoms with E-state index in [9.17, 15) is 18.4 Å². The van der Waals surface area contributed by atoms with Gasteiger partial charge in [-0.15, -0.1) is 0 Å². The number of nitrogens with one attached hydrogen (secondary N) is 1. The average Bonchev–Trinajstić information content (AvgIpc) is 2.68. The number of esters is 1. The second-order valence-electron chi connectivity index (χ2n) is 5.56. The zero-order valence-corrected chi connectivity index (χ0v) is 17.1. The van der Waals surface area contributed by atoms with Crippen LogP contribution in [0.15, 0.2) is 40.9 Å². The van der Waals surface area contributed by atoms with Gasteiger partial charge in [0.05, 0.1) is 26.3 Å². The van der Waals surface area contributed by atoms with Crippen molar-refractivity contribution in [2.75, 3.05) is 26.1 Å². The molecule has 2 rings (SSSR count). The molecule has 0 aliphatic heterocycles. The summed E-state index contributed by atoms with van der Waals surface area (Å²) in [6.07, 6.45) is -0.126. The summed E-state index contributed by atoms with van der Waals surface area (Å²) >= 11 is 3.33. The van der Waals surface area contributed by atoms with E-state index in [2.05, 4.69) is 26.0 Å². The molecular formula is C19H18BrF2NO6. The fourth-order valence-corrected chi connectivity index (χ4v) is 2.80. The summed E-state index contributed by atoms with van der Waals surface area (Å²) in [5.74, 6) is -0.635. The largest absolute Gasteiger partial charge is 0.493 e. The maximum absolute atomic E-state index is 12.4. The van der Waals surface area contributed by atoms with Crippen molar-refractivity contribution in [3.05, 3.63) is 46.4 Å². The van der Waals surface area contributed by atoms with Crippen LogP contribution in [-0.4, -0.2) is 39.3 Å². The minimum atomic E-state index is -3.04. The molecule has 29 heavy (non-hydrogen) atoms. The fourth-order valence-electron chi connectivity index (χ4n) is 2.34. The van der Waals surface area contributed by atoms with Gasteiger partial charge in [0.25, 0.3) is 5.91 Å². The van der Waals surface area contributed by atoms with Gasteiger partial charge in [0.1, 0.15) is 5.75 Å². The van der Waals surface area contributed by atoms with E-state index in [0.717, 1.165) is 0 Å². The molecule has 0 aliphatic carbocycles. The van der Waals surface area contributed by atoms with Gasteiger partial charge >= 0.3 is 12.6 Å². The minimum Gasteiger partial charge on any atom is -0.493 e. The molecule has 0 bridgehead atoms. The van der Waals surface area contributed by atoms with Crippen molar-refractivity contribution < 1.29 is 37.3 Å². The van der Waals surface area contributed by atoms with Crippen LogP contribution in [0.4, 0.5) is 14.5 Å². The Balaban J connectivity index is 1.94. The summed E-state index contributed by atoms with van der Waals surface area (Å²) < 4.78 is 45.1. The molecular weight excluding hydrogens is 456 g/mol. The normalized spacial score (nSPS) is 10.4. The molecule has 7 nitrogen and oxygen atoms in total. The fraction of sp³-hybridized carbons (Fsp3) is 0.263. The first kappa shape index (κ1) is 22.4. The smallest absolute Gasteiger partial charge is 0.387 e. The molecule has 0 saturated heterocycles. The number of hydrogen-bond acceptors (Lipinski definition) is 6. The number of benzene rings is 2. The molecule has 0 aliphatic rings. The number of ether oxygens (including phenoxy) is 4. The molecule has 0 heterocycles. The van der Waals surface area contributed by atoms with Crippen LogP contribution in [-0.2, 0) is 20.7 Å². The van der Waals surface area contributed by atoms with Gasteiger partial charge in [-0.2, -0.15) is 8.78 Å². The highest BCUT2D eigenvalue weighted by atomic mass is 79.9. The molecule has 0 aromatic heterocycles. The van der Waals surface area contributed by atoms with E-state index in [1.54, 1.807) is 12.1 Å². The zero-order chi connectivity index (χ0) is 21.4. The number of para-hydroxylation sites is 2. The molecule has 0 unspecified atom stereocenters. The third kappa shape index (κ3) is 6.60. The summed E-state index contributed by atoms with van der Waals surface area (Å²) in [7, 11) is 2.95. The molecule has 1 N–H and O–H groups in total. The number of amides is 1. The number of alkyl halides is 2. The van der Waals surface area contributed by atoms with Crippen molar-refractivity contribution in [2.45, 2.75) is 13.0 Å².